The van der Waals surface area contributed by atoms with Crippen molar-refractivity contribution in [2.75, 3.05) is 52.3 Å². The minimum atomic E-state index is -0.385. The van der Waals surface area contributed by atoms with Gasteiger partial charge in [0.2, 0.25) is 0 Å². The fraction of sp³-hybridized carbons (Fsp3) is 0.588. The zero-order valence-electron chi connectivity index (χ0n) is 14.9. The molecule has 0 bridgehead atoms. The van der Waals surface area contributed by atoms with Crippen LogP contribution in [0.3, 0.4) is 0 Å². The lowest BCUT2D eigenvalue weighted by atomic mass is 10.2. The predicted octanol–water partition coefficient (Wildman–Crippen LogP) is 1.94. The molecule has 0 aliphatic heterocycles. The van der Waals surface area contributed by atoms with Crippen LogP contribution in [0.4, 0.5) is 11.4 Å². The first-order valence-electron chi connectivity index (χ1n) is 8.58. The summed E-state index contributed by atoms with van der Waals surface area (Å²) in [4.78, 5) is 16.9. The first-order chi connectivity index (χ1) is 12.1. The molecule has 0 atom stereocenters. The number of likely N-dealkylation sites (N-methyl/N-ethyl adjacent to an activating group) is 1. The molecule has 2 rings (SSSR count). The van der Waals surface area contributed by atoms with Crippen LogP contribution >= 0.6 is 0 Å². The molecule has 0 amide bonds. The summed E-state index contributed by atoms with van der Waals surface area (Å²) in [6, 6.07) is 6.63. The summed E-state index contributed by atoms with van der Waals surface area (Å²) in [5.41, 5.74) is 0.600. The number of nitrogens with zero attached hydrogens (tertiary/aromatic N) is 3. The van der Waals surface area contributed by atoms with Gasteiger partial charge in [0.15, 0.2) is 5.96 Å². The van der Waals surface area contributed by atoms with Crippen molar-refractivity contribution in [3.05, 3.63) is 34.4 Å². The average Bonchev–Trinajstić information content (AvgIpc) is 3.43. The highest BCUT2D eigenvalue weighted by Crippen LogP contribution is 2.28. The summed E-state index contributed by atoms with van der Waals surface area (Å²) >= 11 is 0. The van der Waals surface area contributed by atoms with Crippen LogP contribution in [0.1, 0.15) is 12.8 Å². The Morgan fingerprint density at radius 3 is 2.84 bits per heavy atom. The van der Waals surface area contributed by atoms with Crippen LogP contribution in [0.25, 0.3) is 0 Å². The molecule has 0 radical (unpaired) electrons. The minimum Gasteiger partial charge on any atom is -0.379 e. The van der Waals surface area contributed by atoms with Crippen molar-refractivity contribution in [1.82, 2.24) is 10.2 Å². The van der Waals surface area contributed by atoms with Crippen LogP contribution in [0.2, 0.25) is 0 Å². The lowest BCUT2D eigenvalue weighted by Crippen LogP contribution is -2.42. The van der Waals surface area contributed by atoms with E-state index in [1.54, 1.807) is 25.2 Å². The second-order valence-electron chi connectivity index (χ2n) is 6.11. The molecule has 1 saturated carbocycles. The Labute approximate surface area is 148 Å². The molecule has 138 valence electrons. The minimum absolute atomic E-state index is 0.0804. The van der Waals surface area contributed by atoms with E-state index in [0.29, 0.717) is 25.4 Å². The van der Waals surface area contributed by atoms with Crippen LogP contribution in [-0.2, 0) is 4.74 Å². The topological polar surface area (TPSA) is 92.0 Å². The molecule has 1 aromatic carbocycles. The molecule has 8 heteroatoms. The molecule has 2 N–H and O–H groups in total. The molecular weight excluding hydrogens is 322 g/mol. The van der Waals surface area contributed by atoms with E-state index in [-0.39, 0.29) is 10.6 Å². The standard InChI is InChI=1S/C17H27N5O3/c1-18-17(21(2)11-12-25-13-14-7-8-14)20-10-9-19-15-5-3-4-6-16(15)22(23)24/h3-6,14,19H,7-13H2,1-2H3,(H,18,20). The van der Waals surface area contributed by atoms with Gasteiger partial charge in [-0.3, -0.25) is 15.1 Å². The lowest BCUT2D eigenvalue weighted by Gasteiger charge is -2.22. The zero-order valence-corrected chi connectivity index (χ0v) is 14.9. The Balaban J connectivity index is 1.67. The zero-order chi connectivity index (χ0) is 18.1. The van der Waals surface area contributed by atoms with Crippen LogP contribution in [0, 0.1) is 16.0 Å². The Bertz CT molecular complexity index is 589. The van der Waals surface area contributed by atoms with E-state index in [1.807, 2.05) is 11.9 Å². The summed E-state index contributed by atoms with van der Waals surface area (Å²) in [5.74, 6) is 1.55. The highest BCUT2D eigenvalue weighted by atomic mass is 16.6. The van der Waals surface area contributed by atoms with Gasteiger partial charge < -0.3 is 20.3 Å². The number of rotatable bonds is 10. The van der Waals surface area contributed by atoms with E-state index in [0.717, 1.165) is 25.0 Å². The normalized spacial score (nSPS) is 14.2. The third-order valence-corrected chi connectivity index (χ3v) is 4.02. The third-order valence-electron chi connectivity index (χ3n) is 4.02. The second-order valence-corrected chi connectivity index (χ2v) is 6.11. The van der Waals surface area contributed by atoms with Gasteiger partial charge in [0.25, 0.3) is 5.69 Å². The molecule has 0 spiro atoms. The fourth-order valence-corrected chi connectivity index (χ4v) is 2.38. The average molecular weight is 349 g/mol. The monoisotopic (exact) mass is 349 g/mol. The molecule has 0 heterocycles. The maximum absolute atomic E-state index is 11.0. The number of aliphatic imine (C=N–C) groups is 1. The Hall–Kier alpha value is -2.35. The van der Waals surface area contributed by atoms with Gasteiger partial charge in [0.05, 0.1) is 11.5 Å². The van der Waals surface area contributed by atoms with Crippen LogP contribution in [0.15, 0.2) is 29.3 Å². The lowest BCUT2D eigenvalue weighted by molar-refractivity contribution is -0.384. The molecule has 0 saturated heterocycles. The van der Waals surface area contributed by atoms with Crippen LogP contribution in [-0.4, -0.2) is 62.7 Å². The largest absolute Gasteiger partial charge is 0.379 e. The van der Waals surface area contributed by atoms with Crippen molar-refractivity contribution in [3.8, 4) is 0 Å². The van der Waals surface area contributed by atoms with Gasteiger partial charge in [-0.25, -0.2) is 0 Å². The predicted molar refractivity (Wildman–Crippen MR) is 99.1 cm³/mol. The number of nitro groups is 1. The first-order valence-corrected chi connectivity index (χ1v) is 8.58. The van der Waals surface area contributed by atoms with Crippen molar-refractivity contribution in [3.63, 3.8) is 0 Å². The van der Waals surface area contributed by atoms with Crippen molar-refractivity contribution in [2.24, 2.45) is 10.9 Å². The molecule has 25 heavy (non-hydrogen) atoms. The van der Waals surface area contributed by atoms with Gasteiger partial charge in [-0.2, -0.15) is 0 Å². The number of ether oxygens (including phenoxy) is 1. The van der Waals surface area contributed by atoms with Crippen molar-refractivity contribution in [1.29, 1.82) is 0 Å². The number of guanidine groups is 1. The number of hydrogen-bond acceptors (Lipinski definition) is 5. The maximum atomic E-state index is 11.0. The second kappa shape index (κ2) is 9.83. The number of para-hydroxylation sites is 2. The van der Waals surface area contributed by atoms with Gasteiger partial charge in [0, 0.05) is 46.4 Å². The molecular formula is C17H27N5O3. The van der Waals surface area contributed by atoms with Gasteiger partial charge in [-0.1, -0.05) is 12.1 Å². The SMILES string of the molecule is CN=C(NCCNc1ccccc1[N+](=O)[O-])N(C)CCOCC1CC1. The fourth-order valence-electron chi connectivity index (χ4n) is 2.38. The van der Waals surface area contributed by atoms with Gasteiger partial charge in [-0.15, -0.1) is 0 Å². The van der Waals surface area contributed by atoms with Gasteiger partial charge in [0.1, 0.15) is 5.69 Å². The van der Waals surface area contributed by atoms with E-state index in [1.165, 1.54) is 18.9 Å². The van der Waals surface area contributed by atoms with E-state index in [9.17, 15) is 10.1 Å². The summed E-state index contributed by atoms with van der Waals surface area (Å²) in [6.07, 6.45) is 2.59. The smallest absolute Gasteiger partial charge is 0.292 e. The van der Waals surface area contributed by atoms with Gasteiger partial charge in [-0.05, 0) is 24.8 Å². The number of benzene rings is 1. The first kappa shape index (κ1) is 19.0. The summed E-state index contributed by atoms with van der Waals surface area (Å²) in [6.45, 7) is 3.47. The number of hydrogen-bond donors (Lipinski definition) is 2. The Morgan fingerprint density at radius 1 is 1.40 bits per heavy atom. The molecule has 0 unspecified atom stereocenters. The van der Waals surface area contributed by atoms with E-state index >= 15 is 0 Å². The van der Waals surface area contributed by atoms with E-state index < -0.39 is 0 Å². The van der Waals surface area contributed by atoms with Crippen LogP contribution in [0.5, 0.6) is 0 Å². The highest BCUT2D eigenvalue weighted by molar-refractivity contribution is 5.79. The van der Waals surface area contributed by atoms with Crippen molar-refractivity contribution >= 4 is 17.3 Å². The Morgan fingerprint density at radius 2 is 2.16 bits per heavy atom. The molecule has 1 aromatic rings. The molecule has 1 fully saturated rings. The number of anilines is 1. The summed E-state index contributed by atoms with van der Waals surface area (Å²) < 4.78 is 5.64. The Kier molecular flexibility index (Phi) is 7.46. The summed E-state index contributed by atoms with van der Waals surface area (Å²) in [7, 11) is 3.70. The molecule has 8 nitrogen and oxygen atoms in total. The quantitative estimate of drug-likeness (QED) is 0.220. The molecule has 0 aromatic heterocycles. The highest BCUT2D eigenvalue weighted by Gasteiger charge is 2.21. The van der Waals surface area contributed by atoms with E-state index in [2.05, 4.69) is 15.6 Å². The maximum Gasteiger partial charge on any atom is 0.292 e. The van der Waals surface area contributed by atoms with Crippen molar-refractivity contribution in [2.45, 2.75) is 12.8 Å². The number of nitro benzene ring substituents is 1. The number of nitrogens with one attached hydrogen (secondary N) is 2. The summed E-state index contributed by atoms with van der Waals surface area (Å²) in [5, 5.41) is 17.3. The third kappa shape index (κ3) is 6.58. The van der Waals surface area contributed by atoms with Gasteiger partial charge >= 0.3 is 0 Å². The molecule has 1 aliphatic rings. The van der Waals surface area contributed by atoms with E-state index in [4.69, 9.17) is 4.74 Å². The van der Waals surface area contributed by atoms with Crippen molar-refractivity contribution < 1.29 is 9.66 Å². The van der Waals surface area contributed by atoms with Crippen LogP contribution < -0.4 is 10.6 Å². The molecule has 1 aliphatic carbocycles.